The largest absolute Gasteiger partial charge is 0.381 e. The van der Waals surface area contributed by atoms with Crippen molar-refractivity contribution in [3.05, 3.63) is 65.2 Å². The topological polar surface area (TPSA) is 46.1 Å². The highest BCUT2D eigenvalue weighted by atomic mass is 32.2. The molecule has 1 heterocycles. The van der Waals surface area contributed by atoms with Crippen molar-refractivity contribution in [1.29, 1.82) is 0 Å². The number of thioether (sulfide) groups is 1. The summed E-state index contributed by atoms with van der Waals surface area (Å²) in [7, 11) is 3.89. The Bertz CT molecular complexity index is 804. The SMILES string of the molecule is CN=C(NCc1cccc(COC2CCOCC2)c1)N(C)Cc1ccc(SC)cc1. The number of ether oxygens (including phenoxy) is 2. The number of aliphatic imine (C=N–C) groups is 1. The smallest absolute Gasteiger partial charge is 0.193 e. The normalized spacial score (nSPS) is 15.2. The number of nitrogens with zero attached hydrogens (tertiary/aromatic N) is 2. The second kappa shape index (κ2) is 12.0. The zero-order valence-corrected chi connectivity index (χ0v) is 19.1. The quantitative estimate of drug-likeness (QED) is 0.386. The average molecular weight is 428 g/mol. The summed E-state index contributed by atoms with van der Waals surface area (Å²) in [6.45, 7) is 3.81. The van der Waals surface area contributed by atoms with Gasteiger partial charge in [-0.3, -0.25) is 4.99 Å². The molecular weight excluding hydrogens is 394 g/mol. The van der Waals surface area contributed by atoms with Gasteiger partial charge >= 0.3 is 0 Å². The van der Waals surface area contributed by atoms with Crippen LogP contribution >= 0.6 is 11.8 Å². The Balaban J connectivity index is 1.49. The van der Waals surface area contributed by atoms with Gasteiger partial charge in [-0.25, -0.2) is 0 Å². The van der Waals surface area contributed by atoms with Gasteiger partial charge in [-0.05, 0) is 47.9 Å². The first-order chi connectivity index (χ1) is 14.7. The van der Waals surface area contributed by atoms with Crippen molar-refractivity contribution in [2.75, 3.05) is 33.6 Å². The van der Waals surface area contributed by atoms with Crippen molar-refractivity contribution in [2.24, 2.45) is 4.99 Å². The van der Waals surface area contributed by atoms with Gasteiger partial charge in [0.05, 0.1) is 12.7 Å². The molecule has 3 rings (SSSR count). The van der Waals surface area contributed by atoms with Crippen LogP contribution in [0.25, 0.3) is 0 Å². The fourth-order valence-electron chi connectivity index (χ4n) is 3.53. The van der Waals surface area contributed by atoms with Crippen molar-refractivity contribution in [3.63, 3.8) is 0 Å². The molecule has 0 atom stereocenters. The van der Waals surface area contributed by atoms with Crippen LogP contribution in [0.3, 0.4) is 0 Å². The van der Waals surface area contributed by atoms with Crippen LogP contribution in [0.15, 0.2) is 58.4 Å². The van der Waals surface area contributed by atoms with Gasteiger partial charge in [0.1, 0.15) is 0 Å². The van der Waals surface area contributed by atoms with E-state index in [-0.39, 0.29) is 0 Å². The molecule has 0 amide bonds. The number of benzene rings is 2. The van der Waals surface area contributed by atoms with E-state index in [0.717, 1.165) is 45.1 Å². The van der Waals surface area contributed by atoms with Gasteiger partial charge in [0.2, 0.25) is 0 Å². The number of nitrogens with one attached hydrogen (secondary N) is 1. The lowest BCUT2D eigenvalue weighted by atomic mass is 10.1. The van der Waals surface area contributed by atoms with Crippen LogP contribution in [0.2, 0.25) is 0 Å². The number of rotatable bonds is 8. The second-order valence-electron chi connectivity index (χ2n) is 7.55. The standard InChI is InChI=1S/C24H33N3O2S/c1-25-24(27(2)17-19-7-9-23(30-3)10-8-19)26-16-20-5-4-6-21(15-20)18-29-22-11-13-28-14-12-22/h4-10,15,22H,11-14,16-18H2,1-3H3,(H,25,26). The predicted molar refractivity (Wildman–Crippen MR) is 125 cm³/mol. The van der Waals surface area contributed by atoms with Crippen LogP contribution in [-0.4, -0.2) is 50.5 Å². The Labute approximate surface area is 184 Å². The first kappa shape index (κ1) is 22.7. The molecule has 1 fully saturated rings. The van der Waals surface area contributed by atoms with Gasteiger partial charge < -0.3 is 19.7 Å². The molecule has 2 aromatic carbocycles. The van der Waals surface area contributed by atoms with Crippen LogP contribution in [0.4, 0.5) is 0 Å². The molecule has 2 aromatic rings. The molecule has 1 saturated heterocycles. The maximum atomic E-state index is 6.06. The molecule has 0 radical (unpaired) electrons. The van der Waals surface area contributed by atoms with Gasteiger partial charge in [-0.2, -0.15) is 0 Å². The van der Waals surface area contributed by atoms with E-state index in [1.165, 1.54) is 21.6 Å². The summed E-state index contributed by atoms with van der Waals surface area (Å²) in [6, 6.07) is 17.3. The Kier molecular flexibility index (Phi) is 9.05. The van der Waals surface area contributed by atoms with Crippen LogP contribution in [0.5, 0.6) is 0 Å². The van der Waals surface area contributed by atoms with Gasteiger partial charge in [0.15, 0.2) is 5.96 Å². The molecule has 6 heteroatoms. The second-order valence-corrected chi connectivity index (χ2v) is 8.43. The fourth-order valence-corrected chi connectivity index (χ4v) is 3.94. The molecule has 5 nitrogen and oxygen atoms in total. The highest BCUT2D eigenvalue weighted by molar-refractivity contribution is 7.98. The summed E-state index contributed by atoms with van der Waals surface area (Å²) in [6.07, 6.45) is 4.39. The molecule has 0 aromatic heterocycles. The Morgan fingerprint density at radius 3 is 2.57 bits per heavy atom. The van der Waals surface area contributed by atoms with E-state index in [4.69, 9.17) is 9.47 Å². The highest BCUT2D eigenvalue weighted by Gasteiger charge is 2.14. The summed E-state index contributed by atoms with van der Waals surface area (Å²) in [5.74, 6) is 0.882. The molecule has 0 aliphatic carbocycles. The molecule has 1 N–H and O–H groups in total. The van der Waals surface area contributed by atoms with Crippen molar-refractivity contribution in [1.82, 2.24) is 10.2 Å². The third-order valence-corrected chi connectivity index (χ3v) is 5.99. The lowest BCUT2D eigenvalue weighted by Crippen LogP contribution is -2.38. The molecule has 1 aliphatic rings. The van der Waals surface area contributed by atoms with E-state index in [1.807, 2.05) is 7.05 Å². The van der Waals surface area contributed by atoms with Gasteiger partial charge in [0, 0.05) is 45.3 Å². The van der Waals surface area contributed by atoms with Gasteiger partial charge in [0.25, 0.3) is 0 Å². The average Bonchev–Trinajstić information content (AvgIpc) is 2.79. The molecule has 162 valence electrons. The van der Waals surface area contributed by atoms with Crippen molar-refractivity contribution in [3.8, 4) is 0 Å². The minimum Gasteiger partial charge on any atom is -0.381 e. The van der Waals surface area contributed by atoms with E-state index in [2.05, 4.69) is 77.0 Å². The van der Waals surface area contributed by atoms with Crippen LogP contribution < -0.4 is 5.32 Å². The minimum atomic E-state index is 0.318. The van der Waals surface area contributed by atoms with Gasteiger partial charge in [-0.15, -0.1) is 11.8 Å². The molecular formula is C24H33N3O2S. The molecule has 0 spiro atoms. The fraction of sp³-hybridized carbons (Fsp3) is 0.458. The van der Waals surface area contributed by atoms with E-state index in [0.29, 0.717) is 12.7 Å². The van der Waals surface area contributed by atoms with E-state index < -0.39 is 0 Å². The minimum absolute atomic E-state index is 0.318. The summed E-state index contributed by atoms with van der Waals surface area (Å²) in [5.41, 5.74) is 3.70. The zero-order valence-electron chi connectivity index (χ0n) is 18.3. The monoisotopic (exact) mass is 427 g/mol. The number of hydrogen-bond acceptors (Lipinski definition) is 4. The zero-order chi connectivity index (χ0) is 21.2. The maximum Gasteiger partial charge on any atom is 0.193 e. The maximum absolute atomic E-state index is 6.06. The molecule has 0 saturated carbocycles. The van der Waals surface area contributed by atoms with Crippen molar-refractivity contribution in [2.45, 2.75) is 43.5 Å². The molecule has 30 heavy (non-hydrogen) atoms. The lowest BCUT2D eigenvalue weighted by Gasteiger charge is -2.23. The van der Waals surface area contributed by atoms with E-state index in [9.17, 15) is 0 Å². The molecule has 0 unspecified atom stereocenters. The van der Waals surface area contributed by atoms with Crippen molar-refractivity contribution < 1.29 is 9.47 Å². The first-order valence-electron chi connectivity index (χ1n) is 10.5. The Hall–Kier alpha value is -2.02. The highest BCUT2D eigenvalue weighted by Crippen LogP contribution is 2.16. The van der Waals surface area contributed by atoms with E-state index in [1.54, 1.807) is 11.8 Å². The third kappa shape index (κ3) is 7.04. The first-order valence-corrected chi connectivity index (χ1v) is 11.7. The predicted octanol–water partition coefficient (Wildman–Crippen LogP) is 4.31. The van der Waals surface area contributed by atoms with Crippen molar-refractivity contribution >= 4 is 17.7 Å². The number of hydrogen-bond donors (Lipinski definition) is 1. The lowest BCUT2D eigenvalue weighted by molar-refractivity contribution is -0.0390. The van der Waals surface area contributed by atoms with Crippen LogP contribution in [0, 0.1) is 0 Å². The summed E-state index contributed by atoms with van der Waals surface area (Å²) >= 11 is 1.76. The third-order valence-electron chi connectivity index (χ3n) is 5.25. The summed E-state index contributed by atoms with van der Waals surface area (Å²) in [4.78, 5) is 7.87. The summed E-state index contributed by atoms with van der Waals surface area (Å²) in [5, 5.41) is 3.48. The molecule has 0 bridgehead atoms. The van der Waals surface area contributed by atoms with Crippen LogP contribution in [0.1, 0.15) is 29.5 Å². The van der Waals surface area contributed by atoms with Gasteiger partial charge in [-0.1, -0.05) is 36.4 Å². The summed E-state index contributed by atoms with van der Waals surface area (Å²) < 4.78 is 11.5. The number of guanidine groups is 1. The Morgan fingerprint density at radius 1 is 1.13 bits per heavy atom. The molecule has 1 aliphatic heterocycles. The van der Waals surface area contributed by atoms with E-state index >= 15 is 0 Å². The Morgan fingerprint density at radius 2 is 1.87 bits per heavy atom. The van der Waals surface area contributed by atoms with Crippen LogP contribution in [-0.2, 0) is 29.2 Å².